The normalized spacial score (nSPS) is 10.4. The number of hydrogen-bond donors (Lipinski definition) is 1. The van der Waals surface area contributed by atoms with Crippen LogP contribution in [-0.2, 0) is 16.0 Å². The molecule has 0 saturated heterocycles. The second kappa shape index (κ2) is 7.40. The largest absolute Gasteiger partial charge is 0.481 e. The van der Waals surface area contributed by atoms with Crippen LogP contribution in [0.15, 0.2) is 40.9 Å². The maximum Gasteiger partial charge on any atom is 0.305 e. The predicted octanol–water partition coefficient (Wildman–Crippen LogP) is 2.42. The van der Waals surface area contributed by atoms with Gasteiger partial charge in [0.05, 0.1) is 6.42 Å². The number of nitrogens with zero attached hydrogens (tertiary/aromatic N) is 2. The number of aromatic nitrogens is 1. The number of rotatable bonds is 7. The quantitative estimate of drug-likeness (QED) is 0.849. The molecule has 2 rings (SSSR count). The molecule has 0 radical (unpaired) electrons. The predicted molar refractivity (Wildman–Crippen MR) is 80.6 cm³/mol. The highest BCUT2D eigenvalue weighted by molar-refractivity contribution is 5.93. The third-order valence-corrected chi connectivity index (χ3v) is 3.21. The summed E-state index contributed by atoms with van der Waals surface area (Å²) in [5, 5.41) is 12.6. The van der Waals surface area contributed by atoms with Gasteiger partial charge < -0.3 is 9.63 Å². The highest BCUT2D eigenvalue weighted by atomic mass is 16.5. The first-order valence-electron chi connectivity index (χ1n) is 7.05. The standard InChI is InChI=1S/C16H18N2O4/c1-12-11-14(17-22-12)18(10-9-16(20)21)15(19)8-7-13-5-3-2-4-6-13/h2-6,11H,7-10H2,1H3,(H,20,21). The highest BCUT2D eigenvalue weighted by Crippen LogP contribution is 2.16. The topological polar surface area (TPSA) is 83.6 Å². The molecular formula is C16H18N2O4. The van der Waals surface area contributed by atoms with Gasteiger partial charge in [-0.25, -0.2) is 0 Å². The van der Waals surface area contributed by atoms with E-state index in [0.29, 0.717) is 18.0 Å². The molecule has 0 spiro atoms. The average molecular weight is 302 g/mol. The lowest BCUT2D eigenvalue weighted by atomic mass is 10.1. The molecule has 0 saturated carbocycles. The lowest BCUT2D eigenvalue weighted by Crippen LogP contribution is -2.33. The van der Waals surface area contributed by atoms with Crippen LogP contribution in [0, 0.1) is 6.92 Å². The number of carbonyl (C=O) groups excluding carboxylic acids is 1. The number of benzene rings is 1. The van der Waals surface area contributed by atoms with Gasteiger partial charge in [-0.1, -0.05) is 35.5 Å². The fourth-order valence-electron chi connectivity index (χ4n) is 2.09. The second-order valence-corrected chi connectivity index (χ2v) is 4.97. The van der Waals surface area contributed by atoms with Crippen LogP contribution in [0.4, 0.5) is 5.82 Å². The van der Waals surface area contributed by atoms with E-state index in [1.54, 1.807) is 13.0 Å². The van der Waals surface area contributed by atoms with Crippen molar-refractivity contribution < 1.29 is 19.2 Å². The summed E-state index contributed by atoms with van der Waals surface area (Å²) < 4.78 is 4.97. The molecular weight excluding hydrogens is 284 g/mol. The first-order chi connectivity index (χ1) is 10.6. The number of carboxylic acid groups (broad SMARTS) is 1. The molecule has 6 heteroatoms. The molecule has 1 amide bonds. The first kappa shape index (κ1) is 15.8. The number of anilines is 1. The number of hydrogen-bond acceptors (Lipinski definition) is 4. The maximum absolute atomic E-state index is 12.4. The minimum atomic E-state index is -0.957. The van der Waals surface area contributed by atoms with Crippen molar-refractivity contribution in [3.63, 3.8) is 0 Å². The van der Waals surface area contributed by atoms with Gasteiger partial charge in [0.15, 0.2) is 5.82 Å². The van der Waals surface area contributed by atoms with Gasteiger partial charge in [0.2, 0.25) is 5.91 Å². The number of carbonyl (C=O) groups is 2. The van der Waals surface area contributed by atoms with Crippen molar-refractivity contribution in [2.45, 2.75) is 26.2 Å². The molecule has 0 fully saturated rings. The molecule has 0 unspecified atom stereocenters. The molecule has 1 heterocycles. The van der Waals surface area contributed by atoms with E-state index < -0.39 is 5.97 Å². The smallest absolute Gasteiger partial charge is 0.305 e. The average Bonchev–Trinajstić information content (AvgIpc) is 2.92. The van der Waals surface area contributed by atoms with Crippen molar-refractivity contribution in [1.29, 1.82) is 0 Å². The van der Waals surface area contributed by atoms with E-state index in [0.717, 1.165) is 5.56 Å². The van der Waals surface area contributed by atoms with Gasteiger partial charge in [0, 0.05) is 19.0 Å². The Balaban J connectivity index is 2.03. The molecule has 0 aliphatic heterocycles. The van der Waals surface area contributed by atoms with Crippen LogP contribution in [0.3, 0.4) is 0 Å². The van der Waals surface area contributed by atoms with Crippen molar-refractivity contribution in [3.05, 3.63) is 47.7 Å². The van der Waals surface area contributed by atoms with Gasteiger partial charge in [-0.05, 0) is 18.9 Å². The molecule has 116 valence electrons. The molecule has 0 aliphatic carbocycles. The van der Waals surface area contributed by atoms with Crippen LogP contribution >= 0.6 is 0 Å². The minimum Gasteiger partial charge on any atom is -0.481 e. The van der Waals surface area contributed by atoms with Crippen molar-refractivity contribution in [2.24, 2.45) is 0 Å². The Morgan fingerprint density at radius 2 is 1.95 bits per heavy atom. The van der Waals surface area contributed by atoms with Gasteiger partial charge in [-0.2, -0.15) is 0 Å². The van der Waals surface area contributed by atoms with Crippen molar-refractivity contribution in [1.82, 2.24) is 5.16 Å². The lowest BCUT2D eigenvalue weighted by molar-refractivity contribution is -0.136. The molecule has 1 aromatic heterocycles. The van der Waals surface area contributed by atoms with E-state index >= 15 is 0 Å². The Kier molecular flexibility index (Phi) is 5.30. The van der Waals surface area contributed by atoms with E-state index in [4.69, 9.17) is 9.63 Å². The number of aryl methyl sites for hydroxylation is 2. The summed E-state index contributed by atoms with van der Waals surface area (Å²) in [6.07, 6.45) is 0.749. The molecule has 6 nitrogen and oxygen atoms in total. The molecule has 2 aromatic rings. The van der Waals surface area contributed by atoms with Crippen molar-refractivity contribution >= 4 is 17.7 Å². The number of aliphatic carboxylic acids is 1. The molecule has 1 N–H and O–H groups in total. The van der Waals surface area contributed by atoms with Crippen LogP contribution in [-0.4, -0.2) is 28.7 Å². The SMILES string of the molecule is Cc1cc(N(CCC(=O)O)C(=O)CCc2ccccc2)no1. The van der Waals surface area contributed by atoms with Crippen LogP contribution in [0.2, 0.25) is 0 Å². The summed E-state index contributed by atoms with van der Waals surface area (Å²) >= 11 is 0. The summed E-state index contributed by atoms with van der Waals surface area (Å²) in [6.45, 7) is 1.80. The van der Waals surface area contributed by atoms with E-state index in [2.05, 4.69) is 5.16 Å². The lowest BCUT2D eigenvalue weighted by Gasteiger charge is -2.18. The summed E-state index contributed by atoms with van der Waals surface area (Å²) in [5.74, 6) is -0.192. The van der Waals surface area contributed by atoms with Crippen LogP contribution in [0.5, 0.6) is 0 Å². The highest BCUT2D eigenvalue weighted by Gasteiger charge is 2.19. The second-order valence-electron chi connectivity index (χ2n) is 4.97. The maximum atomic E-state index is 12.4. The van der Waals surface area contributed by atoms with E-state index in [1.807, 2.05) is 30.3 Å². The zero-order valence-electron chi connectivity index (χ0n) is 12.4. The molecule has 0 atom stereocenters. The van der Waals surface area contributed by atoms with Gasteiger partial charge in [0.1, 0.15) is 5.76 Å². The third kappa shape index (κ3) is 4.44. The zero-order chi connectivity index (χ0) is 15.9. The molecule has 0 aliphatic rings. The van der Waals surface area contributed by atoms with Crippen LogP contribution < -0.4 is 4.90 Å². The Hall–Kier alpha value is -2.63. The van der Waals surface area contributed by atoms with Gasteiger partial charge in [-0.3, -0.25) is 14.5 Å². The number of amides is 1. The summed E-state index contributed by atoms with van der Waals surface area (Å²) in [6, 6.07) is 11.3. The third-order valence-electron chi connectivity index (χ3n) is 3.21. The van der Waals surface area contributed by atoms with E-state index in [9.17, 15) is 9.59 Å². The number of carboxylic acids is 1. The van der Waals surface area contributed by atoms with Crippen molar-refractivity contribution in [3.8, 4) is 0 Å². The van der Waals surface area contributed by atoms with Crippen LogP contribution in [0.25, 0.3) is 0 Å². The summed E-state index contributed by atoms with van der Waals surface area (Å²) in [4.78, 5) is 24.5. The fraction of sp³-hybridized carbons (Fsp3) is 0.312. The fourth-order valence-corrected chi connectivity index (χ4v) is 2.09. The minimum absolute atomic E-state index is 0.0783. The summed E-state index contributed by atoms with van der Waals surface area (Å²) in [5.41, 5.74) is 1.06. The van der Waals surface area contributed by atoms with E-state index in [1.165, 1.54) is 4.90 Å². The van der Waals surface area contributed by atoms with Crippen molar-refractivity contribution in [2.75, 3.05) is 11.4 Å². The van der Waals surface area contributed by atoms with Gasteiger partial charge >= 0.3 is 5.97 Å². The molecule has 1 aromatic carbocycles. The molecule has 0 bridgehead atoms. The van der Waals surface area contributed by atoms with E-state index in [-0.39, 0.29) is 25.3 Å². The Morgan fingerprint density at radius 3 is 2.55 bits per heavy atom. The Bertz CT molecular complexity index is 637. The summed E-state index contributed by atoms with van der Waals surface area (Å²) in [7, 11) is 0. The monoisotopic (exact) mass is 302 g/mol. The van der Waals surface area contributed by atoms with Gasteiger partial charge in [-0.15, -0.1) is 0 Å². The van der Waals surface area contributed by atoms with Crippen LogP contribution in [0.1, 0.15) is 24.2 Å². The molecule has 22 heavy (non-hydrogen) atoms. The first-order valence-corrected chi connectivity index (χ1v) is 7.05. The zero-order valence-corrected chi connectivity index (χ0v) is 12.4. The Morgan fingerprint density at radius 1 is 1.23 bits per heavy atom. The van der Waals surface area contributed by atoms with Gasteiger partial charge in [0.25, 0.3) is 0 Å². The Labute approximate surface area is 128 Å².